The topological polar surface area (TPSA) is 91.3 Å². The number of ether oxygens (including phenoxy) is 1. The van der Waals surface area contributed by atoms with Crippen LogP contribution >= 0.6 is 0 Å². The van der Waals surface area contributed by atoms with Gasteiger partial charge in [-0.2, -0.15) is 5.10 Å². The lowest BCUT2D eigenvalue weighted by Crippen LogP contribution is -2.44. The lowest BCUT2D eigenvalue weighted by atomic mass is 9.87. The summed E-state index contributed by atoms with van der Waals surface area (Å²) in [5.74, 6) is -0.368. The molecule has 9 heteroatoms. The van der Waals surface area contributed by atoms with Gasteiger partial charge in [0.25, 0.3) is 5.91 Å². The van der Waals surface area contributed by atoms with E-state index in [9.17, 15) is 9.90 Å². The molecule has 1 aliphatic heterocycles. The predicted molar refractivity (Wildman–Crippen MR) is 121 cm³/mol. The van der Waals surface area contributed by atoms with E-state index in [1.807, 2.05) is 26.0 Å². The molecule has 164 valence electrons. The maximum atomic E-state index is 15.2. The normalized spacial score (nSPS) is 17.7. The Bertz CT molecular complexity index is 1390. The lowest BCUT2D eigenvalue weighted by molar-refractivity contribution is -0.0227. The SMILES string of the molecule is [B]C1(O)c2ncccc2C(=O)N1Cc1ccc(-c2ccc(OC(C)C)c3[nH]ncc23)cc1F. The summed E-state index contributed by atoms with van der Waals surface area (Å²) in [7, 11) is 6.00. The number of pyridine rings is 1. The third-order valence-corrected chi connectivity index (χ3v) is 5.68. The summed E-state index contributed by atoms with van der Waals surface area (Å²) in [6, 6.07) is 11.5. The molecule has 1 unspecified atom stereocenters. The Balaban J connectivity index is 1.47. The zero-order valence-electron chi connectivity index (χ0n) is 18.0. The highest BCUT2D eigenvalue weighted by atomic mass is 19.1. The molecule has 2 N–H and O–H groups in total. The fourth-order valence-corrected chi connectivity index (χ4v) is 4.12. The van der Waals surface area contributed by atoms with Crippen molar-refractivity contribution in [2.75, 3.05) is 0 Å². The summed E-state index contributed by atoms with van der Waals surface area (Å²) in [4.78, 5) is 17.8. The molecule has 3 heterocycles. The Kier molecular flexibility index (Phi) is 4.94. The quantitative estimate of drug-likeness (QED) is 0.462. The Labute approximate surface area is 190 Å². The van der Waals surface area contributed by atoms with Crippen LogP contribution < -0.4 is 4.74 Å². The van der Waals surface area contributed by atoms with Gasteiger partial charge in [-0.3, -0.25) is 14.9 Å². The third-order valence-electron chi connectivity index (χ3n) is 5.68. The van der Waals surface area contributed by atoms with E-state index in [4.69, 9.17) is 12.6 Å². The van der Waals surface area contributed by atoms with Gasteiger partial charge in [-0.15, -0.1) is 0 Å². The van der Waals surface area contributed by atoms with Crippen LogP contribution in [0.3, 0.4) is 0 Å². The lowest BCUT2D eigenvalue weighted by Gasteiger charge is -2.31. The van der Waals surface area contributed by atoms with Crippen LogP contribution in [0.15, 0.2) is 54.9 Å². The van der Waals surface area contributed by atoms with Crippen molar-refractivity contribution in [1.29, 1.82) is 0 Å². The number of nitrogens with zero attached hydrogens (tertiary/aromatic N) is 3. The van der Waals surface area contributed by atoms with Gasteiger partial charge in [0, 0.05) is 17.1 Å². The van der Waals surface area contributed by atoms with Crippen LogP contribution in [0.25, 0.3) is 22.0 Å². The first-order valence-corrected chi connectivity index (χ1v) is 10.5. The van der Waals surface area contributed by atoms with Crippen LogP contribution in [-0.4, -0.2) is 45.0 Å². The van der Waals surface area contributed by atoms with Crippen molar-refractivity contribution in [3.63, 3.8) is 0 Å². The van der Waals surface area contributed by atoms with Gasteiger partial charge in [-0.1, -0.05) is 12.1 Å². The van der Waals surface area contributed by atoms with E-state index < -0.39 is 17.3 Å². The van der Waals surface area contributed by atoms with E-state index in [1.165, 1.54) is 18.3 Å². The number of hydrogen-bond donors (Lipinski definition) is 2. The maximum Gasteiger partial charge on any atom is 0.258 e. The molecular formula is C24H20BFN4O3. The van der Waals surface area contributed by atoms with Gasteiger partial charge in [-0.05, 0) is 55.3 Å². The zero-order chi connectivity index (χ0) is 23.3. The minimum absolute atomic E-state index is 0.00472. The number of fused-ring (bicyclic) bond motifs is 2. The summed E-state index contributed by atoms with van der Waals surface area (Å²) in [5, 5.41) is 18.6. The summed E-state index contributed by atoms with van der Waals surface area (Å²) in [6.07, 6.45) is 3.11. The predicted octanol–water partition coefficient (Wildman–Crippen LogP) is 3.48. The second-order valence-corrected chi connectivity index (χ2v) is 8.26. The first-order chi connectivity index (χ1) is 15.8. The van der Waals surface area contributed by atoms with Crippen LogP contribution in [0.1, 0.15) is 35.5 Å². The second kappa shape index (κ2) is 7.70. The van der Waals surface area contributed by atoms with E-state index in [-0.39, 0.29) is 29.5 Å². The number of nitrogens with one attached hydrogen (secondary N) is 1. The first-order valence-electron chi connectivity index (χ1n) is 10.5. The molecule has 2 aromatic heterocycles. The molecule has 1 atom stereocenters. The average Bonchev–Trinajstić information content (AvgIpc) is 3.34. The number of amides is 1. The Morgan fingerprint density at radius 3 is 2.79 bits per heavy atom. The standard InChI is InChI=1S/C24H20BFN4O3/c1-13(2)33-20-8-7-16(18-11-28-29-21(18)20)14-5-6-15(19(26)10-14)12-30-23(31)17-4-3-9-27-22(17)24(30,25)32/h3-11,13,32H,12H2,1-2H3,(H,28,29). The highest BCUT2D eigenvalue weighted by molar-refractivity contribution is 6.19. The smallest absolute Gasteiger partial charge is 0.258 e. The number of carbonyl (C=O) groups excluding carboxylic acids is 1. The second-order valence-electron chi connectivity index (χ2n) is 8.26. The number of rotatable bonds is 5. The number of halogens is 1. The Morgan fingerprint density at radius 1 is 1.24 bits per heavy atom. The first kappa shape index (κ1) is 21.1. The molecule has 5 rings (SSSR count). The fourth-order valence-electron chi connectivity index (χ4n) is 4.12. The molecule has 0 saturated carbocycles. The van der Waals surface area contributed by atoms with Crippen LogP contribution in [-0.2, 0) is 12.2 Å². The van der Waals surface area contributed by atoms with Crippen LogP contribution in [0.5, 0.6) is 5.75 Å². The van der Waals surface area contributed by atoms with Crippen molar-refractivity contribution in [3.8, 4) is 16.9 Å². The van der Waals surface area contributed by atoms with E-state index in [2.05, 4.69) is 15.2 Å². The highest BCUT2D eigenvalue weighted by Crippen LogP contribution is 2.37. The number of benzene rings is 2. The summed E-state index contributed by atoms with van der Waals surface area (Å²) < 4.78 is 21.0. The number of carbonyl (C=O) groups is 1. The van der Waals surface area contributed by atoms with Crippen molar-refractivity contribution in [1.82, 2.24) is 20.1 Å². The van der Waals surface area contributed by atoms with Gasteiger partial charge in [0.15, 0.2) is 7.85 Å². The molecule has 0 spiro atoms. The Morgan fingerprint density at radius 2 is 2.06 bits per heavy atom. The van der Waals surface area contributed by atoms with E-state index in [0.29, 0.717) is 11.3 Å². The van der Waals surface area contributed by atoms with Gasteiger partial charge in [0.2, 0.25) is 0 Å². The zero-order valence-corrected chi connectivity index (χ0v) is 18.0. The molecule has 33 heavy (non-hydrogen) atoms. The van der Waals surface area contributed by atoms with Gasteiger partial charge in [-0.25, -0.2) is 4.39 Å². The molecular weight excluding hydrogens is 422 g/mol. The van der Waals surface area contributed by atoms with Crippen molar-refractivity contribution < 1.29 is 19.0 Å². The molecule has 2 radical (unpaired) electrons. The summed E-state index contributed by atoms with van der Waals surface area (Å²) >= 11 is 0. The van der Waals surface area contributed by atoms with Crippen molar-refractivity contribution in [2.45, 2.75) is 32.1 Å². The van der Waals surface area contributed by atoms with Crippen molar-refractivity contribution >= 4 is 24.7 Å². The number of aromatic nitrogens is 3. The molecule has 0 bridgehead atoms. The molecule has 2 aromatic carbocycles. The van der Waals surface area contributed by atoms with Crippen molar-refractivity contribution in [2.24, 2.45) is 0 Å². The van der Waals surface area contributed by atoms with E-state index in [1.54, 1.807) is 24.4 Å². The third kappa shape index (κ3) is 3.45. The highest BCUT2D eigenvalue weighted by Gasteiger charge is 2.45. The molecule has 7 nitrogen and oxygen atoms in total. The fraction of sp³-hybridized carbons (Fsp3) is 0.208. The Hall–Kier alpha value is -3.72. The van der Waals surface area contributed by atoms with Gasteiger partial charge < -0.3 is 14.7 Å². The van der Waals surface area contributed by atoms with Crippen LogP contribution in [0.4, 0.5) is 4.39 Å². The minimum Gasteiger partial charge on any atom is -0.489 e. The molecule has 1 amide bonds. The van der Waals surface area contributed by atoms with Gasteiger partial charge in [0.1, 0.15) is 22.7 Å². The van der Waals surface area contributed by atoms with Crippen LogP contribution in [0.2, 0.25) is 0 Å². The monoisotopic (exact) mass is 442 g/mol. The molecule has 0 fully saturated rings. The molecule has 4 aromatic rings. The summed E-state index contributed by atoms with van der Waals surface area (Å²) in [6.45, 7) is 3.66. The average molecular weight is 442 g/mol. The van der Waals surface area contributed by atoms with E-state index >= 15 is 4.39 Å². The molecule has 1 aliphatic rings. The van der Waals surface area contributed by atoms with Gasteiger partial charge in [0.05, 0.1) is 30.1 Å². The number of H-pyrrole nitrogens is 1. The largest absolute Gasteiger partial charge is 0.489 e. The number of hydrogen-bond acceptors (Lipinski definition) is 5. The number of aliphatic hydroxyl groups is 1. The van der Waals surface area contributed by atoms with Crippen molar-refractivity contribution in [3.05, 3.63) is 77.5 Å². The minimum atomic E-state index is -2.12. The maximum absolute atomic E-state index is 15.2. The summed E-state index contributed by atoms with van der Waals surface area (Å²) in [5.41, 5.74) is 0.500. The molecule has 0 aliphatic carbocycles. The number of aromatic amines is 1. The molecule has 0 saturated heterocycles. The van der Waals surface area contributed by atoms with E-state index in [0.717, 1.165) is 21.4 Å². The van der Waals surface area contributed by atoms with Crippen LogP contribution in [0, 0.1) is 5.82 Å². The van der Waals surface area contributed by atoms with Gasteiger partial charge >= 0.3 is 0 Å².